The molecule has 23 heavy (non-hydrogen) atoms. The summed E-state index contributed by atoms with van der Waals surface area (Å²) in [5.41, 5.74) is 4.83. The molecule has 3 rings (SSSR count). The Bertz CT molecular complexity index is 489. The number of hydrogen-bond acceptors (Lipinski definition) is 1. The monoisotopic (exact) mass is 428 g/mol. The van der Waals surface area contributed by atoms with Crippen LogP contribution in [0.1, 0.15) is 81.2 Å². The Balaban J connectivity index is 0.00000192. The summed E-state index contributed by atoms with van der Waals surface area (Å²) in [6.07, 6.45) is 15.8. The molecule has 1 N–H and O–H groups in total. The fourth-order valence-electron chi connectivity index (χ4n) is 4.62. The van der Waals surface area contributed by atoms with E-state index in [1.54, 1.807) is 11.1 Å². The van der Waals surface area contributed by atoms with Crippen molar-refractivity contribution in [2.75, 3.05) is 13.6 Å². The second-order valence-corrected chi connectivity index (χ2v) is 7.42. The zero-order valence-electron chi connectivity index (χ0n) is 14.9. The molecule has 2 atom stereocenters. The maximum atomic E-state index is 3.57. The molecular formula is C20H33IN2. The van der Waals surface area contributed by atoms with Crippen molar-refractivity contribution in [2.24, 2.45) is 5.92 Å². The molecule has 0 aromatic carbocycles. The molecule has 1 fully saturated rings. The van der Waals surface area contributed by atoms with Gasteiger partial charge in [-0.05, 0) is 50.8 Å². The largest absolute Gasteiger partial charge is 1.00 e. The van der Waals surface area contributed by atoms with Crippen LogP contribution in [0.2, 0.25) is 0 Å². The van der Waals surface area contributed by atoms with Gasteiger partial charge in [0.15, 0.2) is 11.9 Å². The highest BCUT2D eigenvalue weighted by molar-refractivity contribution is 5.34. The van der Waals surface area contributed by atoms with Crippen LogP contribution in [0.5, 0.6) is 0 Å². The number of nitrogens with one attached hydrogen (secondary N) is 1. The number of pyridine rings is 1. The number of unbranched alkanes of at least 4 members (excludes halogenated alkanes) is 5. The van der Waals surface area contributed by atoms with Gasteiger partial charge in [0.05, 0.1) is 0 Å². The van der Waals surface area contributed by atoms with Crippen LogP contribution in [0, 0.1) is 5.92 Å². The molecule has 0 bridgehead atoms. The number of likely N-dealkylation sites (tertiary alicyclic amines) is 1. The Kier molecular flexibility index (Phi) is 7.80. The average molecular weight is 428 g/mol. The fourth-order valence-corrected chi connectivity index (χ4v) is 4.62. The smallest absolute Gasteiger partial charge is 0.183 e. The SMILES string of the molecule is CCCCCCCCc1[nH+]ccc2c1CC[C@H]1CCN(C)[C@@H]21.[I-]. The second kappa shape index (κ2) is 9.36. The summed E-state index contributed by atoms with van der Waals surface area (Å²) < 4.78 is 0. The first-order valence-electron chi connectivity index (χ1n) is 9.54. The van der Waals surface area contributed by atoms with E-state index in [1.165, 1.54) is 76.4 Å². The molecule has 0 unspecified atom stereocenters. The predicted octanol–water partition coefficient (Wildman–Crippen LogP) is 1.35. The van der Waals surface area contributed by atoms with Crippen LogP contribution in [0.25, 0.3) is 0 Å². The van der Waals surface area contributed by atoms with Crippen molar-refractivity contribution in [3.05, 3.63) is 29.1 Å². The third-order valence-corrected chi connectivity index (χ3v) is 5.87. The molecule has 0 amide bonds. The lowest BCUT2D eigenvalue weighted by atomic mass is 9.79. The lowest BCUT2D eigenvalue weighted by Gasteiger charge is -2.31. The van der Waals surface area contributed by atoms with Crippen molar-refractivity contribution >= 4 is 0 Å². The number of aromatic nitrogens is 1. The molecular weight excluding hydrogens is 395 g/mol. The molecule has 2 heterocycles. The van der Waals surface area contributed by atoms with Crippen molar-refractivity contribution in [1.82, 2.24) is 4.90 Å². The van der Waals surface area contributed by atoms with E-state index in [0.29, 0.717) is 6.04 Å². The Labute approximate surface area is 159 Å². The average Bonchev–Trinajstić information content (AvgIpc) is 2.92. The lowest BCUT2D eigenvalue weighted by molar-refractivity contribution is -0.391. The van der Waals surface area contributed by atoms with Gasteiger partial charge in [-0.25, -0.2) is 4.98 Å². The van der Waals surface area contributed by atoms with Crippen LogP contribution < -0.4 is 29.0 Å². The van der Waals surface area contributed by atoms with E-state index < -0.39 is 0 Å². The third-order valence-electron chi connectivity index (χ3n) is 5.87. The minimum atomic E-state index is 0. The first-order chi connectivity index (χ1) is 10.8. The van der Waals surface area contributed by atoms with Gasteiger partial charge in [0.25, 0.3) is 0 Å². The van der Waals surface area contributed by atoms with Gasteiger partial charge in [-0.15, -0.1) is 0 Å². The highest BCUT2D eigenvalue weighted by Gasteiger charge is 2.38. The predicted molar refractivity (Wildman–Crippen MR) is 91.9 cm³/mol. The van der Waals surface area contributed by atoms with Crippen LogP contribution in [0.4, 0.5) is 0 Å². The molecule has 130 valence electrons. The summed E-state index contributed by atoms with van der Waals surface area (Å²) in [6.45, 7) is 3.57. The van der Waals surface area contributed by atoms with Crippen molar-refractivity contribution < 1.29 is 29.0 Å². The number of fused-ring (bicyclic) bond motifs is 3. The van der Waals surface area contributed by atoms with Crippen molar-refractivity contribution in [1.29, 1.82) is 0 Å². The van der Waals surface area contributed by atoms with Crippen molar-refractivity contribution in [2.45, 2.75) is 77.2 Å². The molecule has 2 nitrogen and oxygen atoms in total. The summed E-state index contributed by atoms with van der Waals surface area (Å²) in [6, 6.07) is 3.06. The molecule has 0 spiro atoms. The molecule has 1 aliphatic carbocycles. The van der Waals surface area contributed by atoms with Gasteiger partial charge in [0.2, 0.25) is 0 Å². The molecule has 0 radical (unpaired) electrons. The van der Waals surface area contributed by atoms with Crippen LogP contribution in [-0.2, 0) is 12.8 Å². The standard InChI is InChI=1S/C20H32N2.HI/c1-3-4-5-6-7-8-9-19-17-11-10-16-13-15-22(2)20(16)18(17)12-14-21-19;/h12,14,16,20H,3-11,13,15H2,1-2H3;1H/t16-,20+;/m0./s1. The fraction of sp³-hybridized carbons (Fsp3) is 0.750. The van der Waals surface area contributed by atoms with Gasteiger partial charge < -0.3 is 24.0 Å². The number of hydrogen-bond donors (Lipinski definition) is 0. The van der Waals surface area contributed by atoms with Gasteiger partial charge >= 0.3 is 0 Å². The Morgan fingerprint density at radius 1 is 1.13 bits per heavy atom. The number of halogens is 1. The zero-order valence-corrected chi connectivity index (χ0v) is 17.1. The summed E-state index contributed by atoms with van der Waals surface area (Å²) in [5.74, 6) is 0.904. The van der Waals surface area contributed by atoms with Gasteiger partial charge in [0, 0.05) is 24.1 Å². The van der Waals surface area contributed by atoms with E-state index in [-0.39, 0.29) is 24.0 Å². The first kappa shape index (κ1) is 19.2. The first-order valence-corrected chi connectivity index (χ1v) is 9.54. The van der Waals surface area contributed by atoms with E-state index in [9.17, 15) is 0 Å². The van der Waals surface area contributed by atoms with Crippen molar-refractivity contribution in [3.63, 3.8) is 0 Å². The topological polar surface area (TPSA) is 17.4 Å². The Hall–Kier alpha value is -0.160. The summed E-state index contributed by atoms with van der Waals surface area (Å²) in [5, 5.41) is 0. The molecule has 2 aliphatic rings. The van der Waals surface area contributed by atoms with Crippen LogP contribution in [-0.4, -0.2) is 18.5 Å². The minimum absolute atomic E-state index is 0. The second-order valence-electron chi connectivity index (χ2n) is 7.42. The maximum absolute atomic E-state index is 3.57. The molecule has 0 saturated carbocycles. The van der Waals surface area contributed by atoms with Crippen molar-refractivity contribution in [3.8, 4) is 0 Å². The van der Waals surface area contributed by atoms with Gasteiger partial charge in [0.1, 0.15) is 0 Å². The molecule has 1 saturated heterocycles. The van der Waals surface area contributed by atoms with Gasteiger partial charge in [-0.1, -0.05) is 39.0 Å². The van der Waals surface area contributed by atoms with E-state index in [0.717, 1.165) is 5.92 Å². The van der Waals surface area contributed by atoms with E-state index in [2.05, 4.69) is 36.1 Å². The Morgan fingerprint density at radius 2 is 1.91 bits per heavy atom. The summed E-state index contributed by atoms with van der Waals surface area (Å²) >= 11 is 0. The number of aromatic amines is 1. The zero-order chi connectivity index (χ0) is 15.4. The minimum Gasteiger partial charge on any atom is -1.00 e. The van der Waals surface area contributed by atoms with Crippen LogP contribution in [0.15, 0.2) is 12.3 Å². The number of aryl methyl sites for hydroxylation is 1. The Morgan fingerprint density at radius 3 is 2.74 bits per heavy atom. The van der Waals surface area contributed by atoms with E-state index in [4.69, 9.17) is 0 Å². The van der Waals surface area contributed by atoms with Crippen LogP contribution >= 0.6 is 0 Å². The summed E-state index contributed by atoms with van der Waals surface area (Å²) in [7, 11) is 2.31. The highest BCUT2D eigenvalue weighted by atomic mass is 127. The van der Waals surface area contributed by atoms with E-state index in [1.807, 2.05) is 0 Å². The molecule has 1 aliphatic heterocycles. The lowest BCUT2D eigenvalue weighted by Crippen LogP contribution is -3.00. The third kappa shape index (κ3) is 4.47. The molecule has 3 heteroatoms. The van der Waals surface area contributed by atoms with Gasteiger partial charge in [-0.2, -0.15) is 0 Å². The number of H-pyrrole nitrogens is 1. The summed E-state index contributed by atoms with van der Waals surface area (Å²) in [4.78, 5) is 6.16. The maximum Gasteiger partial charge on any atom is 0.183 e. The number of nitrogens with zero attached hydrogens (tertiary/aromatic N) is 1. The highest BCUT2D eigenvalue weighted by Crippen LogP contribution is 2.44. The molecule has 1 aromatic rings. The number of rotatable bonds is 7. The quantitative estimate of drug-likeness (QED) is 0.474. The molecule has 1 aromatic heterocycles. The normalized spacial score (nSPS) is 23.2. The van der Waals surface area contributed by atoms with Gasteiger partial charge in [-0.3, -0.25) is 4.90 Å². The van der Waals surface area contributed by atoms with Crippen LogP contribution in [0.3, 0.4) is 0 Å². The van der Waals surface area contributed by atoms with E-state index >= 15 is 0 Å².